The molecular formula is C14H14Cl2OS. The molecule has 1 heterocycles. The Labute approximate surface area is 121 Å². The standard InChI is InChI=1S/C14H14Cl2OS/c1-9-6-7-18-13(9)14(2,17)8-10-4-3-5-11(15)12(10)16/h3-7,17H,8H2,1-2H3. The van der Waals surface area contributed by atoms with Crippen molar-refractivity contribution >= 4 is 34.5 Å². The second kappa shape index (κ2) is 5.22. The lowest BCUT2D eigenvalue weighted by molar-refractivity contribution is 0.0609. The van der Waals surface area contributed by atoms with Crippen molar-refractivity contribution in [3.63, 3.8) is 0 Å². The first-order valence-electron chi connectivity index (χ1n) is 5.61. The van der Waals surface area contributed by atoms with Crippen LogP contribution in [-0.4, -0.2) is 5.11 Å². The fourth-order valence-electron chi connectivity index (χ4n) is 2.06. The highest BCUT2D eigenvalue weighted by molar-refractivity contribution is 7.10. The first kappa shape index (κ1) is 13.9. The van der Waals surface area contributed by atoms with Crippen LogP contribution in [0.5, 0.6) is 0 Å². The predicted octanol–water partition coefficient (Wildman–Crippen LogP) is 4.81. The summed E-state index contributed by atoms with van der Waals surface area (Å²) in [6, 6.07) is 7.50. The molecule has 0 saturated carbocycles. The van der Waals surface area contributed by atoms with Gasteiger partial charge in [-0.25, -0.2) is 0 Å². The largest absolute Gasteiger partial charge is 0.384 e. The Kier molecular flexibility index (Phi) is 4.02. The van der Waals surface area contributed by atoms with Crippen LogP contribution in [-0.2, 0) is 12.0 Å². The van der Waals surface area contributed by atoms with E-state index in [1.54, 1.807) is 17.4 Å². The van der Waals surface area contributed by atoms with Crippen molar-refractivity contribution in [1.82, 2.24) is 0 Å². The van der Waals surface area contributed by atoms with Gasteiger partial charge in [0.1, 0.15) is 5.60 Å². The summed E-state index contributed by atoms with van der Waals surface area (Å²) in [6.45, 7) is 3.81. The van der Waals surface area contributed by atoms with Gasteiger partial charge in [0.15, 0.2) is 0 Å². The summed E-state index contributed by atoms with van der Waals surface area (Å²) in [4.78, 5) is 0.971. The van der Waals surface area contributed by atoms with Crippen LogP contribution in [0.3, 0.4) is 0 Å². The number of aryl methyl sites for hydroxylation is 1. The number of hydrogen-bond acceptors (Lipinski definition) is 2. The van der Waals surface area contributed by atoms with Crippen LogP contribution < -0.4 is 0 Å². The van der Waals surface area contributed by atoms with E-state index in [2.05, 4.69) is 0 Å². The number of thiophene rings is 1. The summed E-state index contributed by atoms with van der Waals surface area (Å²) >= 11 is 13.7. The molecule has 0 aliphatic heterocycles. The van der Waals surface area contributed by atoms with E-state index in [0.717, 1.165) is 16.0 Å². The van der Waals surface area contributed by atoms with Gasteiger partial charge < -0.3 is 5.11 Å². The number of halogens is 2. The second-order valence-corrected chi connectivity index (χ2v) is 6.30. The van der Waals surface area contributed by atoms with Crippen LogP contribution in [0.4, 0.5) is 0 Å². The van der Waals surface area contributed by atoms with Crippen LogP contribution >= 0.6 is 34.5 Å². The Morgan fingerprint density at radius 1 is 1.28 bits per heavy atom. The summed E-state index contributed by atoms with van der Waals surface area (Å²) in [5, 5.41) is 13.7. The molecule has 1 aromatic carbocycles. The summed E-state index contributed by atoms with van der Waals surface area (Å²) in [7, 11) is 0. The lowest BCUT2D eigenvalue weighted by Gasteiger charge is -2.24. The van der Waals surface area contributed by atoms with E-state index in [4.69, 9.17) is 23.2 Å². The van der Waals surface area contributed by atoms with E-state index in [1.165, 1.54) is 0 Å². The van der Waals surface area contributed by atoms with Crippen LogP contribution in [0.2, 0.25) is 10.0 Å². The highest BCUT2D eigenvalue weighted by Crippen LogP contribution is 2.35. The number of benzene rings is 1. The zero-order chi connectivity index (χ0) is 13.3. The van der Waals surface area contributed by atoms with Gasteiger partial charge in [0.25, 0.3) is 0 Å². The average molecular weight is 301 g/mol. The van der Waals surface area contributed by atoms with Crippen molar-refractivity contribution in [1.29, 1.82) is 0 Å². The monoisotopic (exact) mass is 300 g/mol. The van der Waals surface area contributed by atoms with E-state index in [0.29, 0.717) is 16.5 Å². The van der Waals surface area contributed by atoms with Gasteiger partial charge in [0.2, 0.25) is 0 Å². The van der Waals surface area contributed by atoms with Gasteiger partial charge in [0.05, 0.1) is 10.0 Å². The number of hydrogen-bond donors (Lipinski definition) is 1. The summed E-state index contributed by atoms with van der Waals surface area (Å²) in [6.07, 6.45) is 0.452. The molecule has 2 aromatic rings. The molecule has 1 atom stereocenters. The molecule has 0 aliphatic carbocycles. The quantitative estimate of drug-likeness (QED) is 0.862. The van der Waals surface area contributed by atoms with Gasteiger partial charge in [-0.2, -0.15) is 0 Å². The van der Waals surface area contributed by atoms with Gasteiger partial charge in [-0.15, -0.1) is 11.3 Å². The zero-order valence-electron chi connectivity index (χ0n) is 10.2. The third-order valence-corrected chi connectivity index (χ3v) is 5.05. The molecule has 1 unspecified atom stereocenters. The number of rotatable bonds is 3. The molecule has 96 valence electrons. The third-order valence-electron chi connectivity index (χ3n) is 2.92. The second-order valence-electron chi connectivity index (χ2n) is 4.60. The Morgan fingerprint density at radius 2 is 2.00 bits per heavy atom. The predicted molar refractivity (Wildman–Crippen MR) is 78.8 cm³/mol. The minimum absolute atomic E-state index is 0.452. The molecular weight excluding hydrogens is 287 g/mol. The lowest BCUT2D eigenvalue weighted by atomic mass is 9.93. The maximum absolute atomic E-state index is 10.6. The van der Waals surface area contributed by atoms with Crippen molar-refractivity contribution in [2.45, 2.75) is 25.9 Å². The fraction of sp³-hybridized carbons (Fsp3) is 0.286. The van der Waals surface area contributed by atoms with E-state index >= 15 is 0 Å². The van der Waals surface area contributed by atoms with Gasteiger partial charge in [-0.05, 0) is 42.5 Å². The normalized spacial score (nSPS) is 14.5. The van der Waals surface area contributed by atoms with Crippen LogP contribution in [0.1, 0.15) is 22.9 Å². The minimum atomic E-state index is -0.924. The molecule has 0 fully saturated rings. The average Bonchev–Trinajstić information content (AvgIpc) is 2.72. The summed E-state index contributed by atoms with van der Waals surface area (Å²) < 4.78 is 0. The van der Waals surface area contributed by atoms with E-state index in [-0.39, 0.29) is 0 Å². The zero-order valence-corrected chi connectivity index (χ0v) is 12.5. The van der Waals surface area contributed by atoms with Crippen molar-refractivity contribution < 1.29 is 5.11 Å². The van der Waals surface area contributed by atoms with Crippen molar-refractivity contribution in [2.75, 3.05) is 0 Å². The Balaban J connectivity index is 2.33. The molecule has 0 aliphatic rings. The van der Waals surface area contributed by atoms with Crippen molar-refractivity contribution in [2.24, 2.45) is 0 Å². The molecule has 1 nitrogen and oxygen atoms in total. The van der Waals surface area contributed by atoms with Crippen LogP contribution in [0.15, 0.2) is 29.6 Å². The number of aliphatic hydroxyl groups is 1. The Morgan fingerprint density at radius 3 is 2.61 bits per heavy atom. The molecule has 1 aromatic heterocycles. The topological polar surface area (TPSA) is 20.2 Å². The highest BCUT2D eigenvalue weighted by atomic mass is 35.5. The van der Waals surface area contributed by atoms with Crippen molar-refractivity contribution in [3.05, 3.63) is 55.7 Å². The molecule has 0 bridgehead atoms. The molecule has 0 saturated heterocycles. The summed E-state index contributed by atoms with van der Waals surface area (Å²) in [5.74, 6) is 0. The van der Waals surface area contributed by atoms with Crippen LogP contribution in [0.25, 0.3) is 0 Å². The molecule has 0 amide bonds. The maximum Gasteiger partial charge on any atom is 0.100 e. The van der Waals surface area contributed by atoms with E-state index < -0.39 is 5.60 Å². The molecule has 2 rings (SSSR count). The third kappa shape index (κ3) is 2.72. The lowest BCUT2D eigenvalue weighted by Crippen LogP contribution is -2.24. The van der Waals surface area contributed by atoms with Crippen molar-refractivity contribution in [3.8, 4) is 0 Å². The molecule has 0 spiro atoms. The Hall–Kier alpha value is -0.540. The van der Waals surface area contributed by atoms with Crippen LogP contribution in [0, 0.1) is 6.92 Å². The minimum Gasteiger partial charge on any atom is -0.384 e. The van der Waals surface area contributed by atoms with Gasteiger partial charge in [0, 0.05) is 11.3 Å². The SMILES string of the molecule is Cc1ccsc1C(C)(O)Cc1cccc(Cl)c1Cl. The molecule has 18 heavy (non-hydrogen) atoms. The fourth-order valence-corrected chi connectivity index (χ4v) is 3.44. The highest BCUT2D eigenvalue weighted by Gasteiger charge is 2.27. The molecule has 1 N–H and O–H groups in total. The first-order valence-corrected chi connectivity index (χ1v) is 7.25. The first-order chi connectivity index (χ1) is 8.42. The molecule has 0 radical (unpaired) electrons. The van der Waals surface area contributed by atoms with E-state index in [1.807, 2.05) is 37.4 Å². The van der Waals surface area contributed by atoms with Gasteiger partial charge in [-0.3, -0.25) is 0 Å². The maximum atomic E-state index is 10.6. The Bertz CT molecular complexity index is 561. The van der Waals surface area contributed by atoms with Gasteiger partial charge >= 0.3 is 0 Å². The summed E-state index contributed by atoms with van der Waals surface area (Å²) in [5.41, 5.74) is 1.04. The smallest absolute Gasteiger partial charge is 0.100 e. The van der Waals surface area contributed by atoms with E-state index in [9.17, 15) is 5.11 Å². The van der Waals surface area contributed by atoms with Gasteiger partial charge in [-0.1, -0.05) is 35.3 Å². The molecule has 4 heteroatoms.